The van der Waals surface area contributed by atoms with Crippen molar-refractivity contribution in [2.75, 3.05) is 0 Å². The smallest absolute Gasteiger partial charge is 0.134 e. The first-order valence-electron chi connectivity index (χ1n) is 1.37. The predicted octanol–water partition coefficient (Wildman–Crippen LogP) is -0.243. The van der Waals surface area contributed by atoms with Crippen molar-refractivity contribution in [3.63, 3.8) is 0 Å². The first kappa shape index (κ1) is 9.21. The van der Waals surface area contributed by atoms with Crippen molar-refractivity contribution in [1.29, 1.82) is 0 Å². The minimum absolute atomic E-state index is 0. The number of hydrogen-bond donors (Lipinski definition) is 0. The van der Waals surface area contributed by atoms with E-state index >= 15 is 0 Å². The molecular weight excluding hydrogens is 116 g/mol. The molecule has 0 heterocycles. The van der Waals surface area contributed by atoms with Gasteiger partial charge in [-0.05, 0) is 11.0 Å². The van der Waals surface area contributed by atoms with Gasteiger partial charge in [-0.15, -0.1) is 0 Å². The van der Waals surface area contributed by atoms with Crippen LogP contribution in [0.25, 0.3) is 0 Å². The van der Waals surface area contributed by atoms with Gasteiger partial charge < -0.3 is 0 Å². The Morgan fingerprint density at radius 3 is 1.40 bits per heavy atom. The van der Waals surface area contributed by atoms with Gasteiger partial charge in [0, 0.05) is 0 Å². The van der Waals surface area contributed by atoms with Crippen LogP contribution in [-0.2, 0) is 0 Å². The summed E-state index contributed by atoms with van der Waals surface area (Å²) in [6, 6.07) is 0. The molecule has 0 nitrogen and oxygen atoms in total. The van der Waals surface area contributed by atoms with Gasteiger partial charge in [0.25, 0.3) is 0 Å². The molecule has 0 spiro atoms. The van der Waals surface area contributed by atoms with Crippen LogP contribution in [0.1, 0.15) is 0 Å². The highest BCUT2D eigenvalue weighted by molar-refractivity contribution is 7.05. The molecule has 0 unspecified atom stereocenters. The fourth-order valence-electron chi connectivity index (χ4n) is 0. The highest BCUT2D eigenvalue weighted by Crippen LogP contribution is 1.79. The second-order valence-electron chi connectivity index (χ2n) is 1.01. The van der Waals surface area contributed by atoms with Crippen molar-refractivity contribution >= 4 is 30.2 Å². The minimum Gasteiger partial charge on any atom is -0.172 e. The molecule has 5 heavy (non-hydrogen) atoms. The highest BCUT2D eigenvalue weighted by atomic mass is 35.6. The molecule has 0 aromatic rings. The molecule has 0 amide bonds. The van der Waals surface area contributed by atoms with Gasteiger partial charge in [0.1, 0.15) is 8.11 Å². The number of rotatable bonds is 0. The fraction of sp³-hybridized carbons (Fsp3) is 1.00. The van der Waals surface area contributed by atoms with Crippen LogP contribution < -0.4 is 0 Å². The van der Waals surface area contributed by atoms with Gasteiger partial charge >= 0.3 is 0 Å². The molecular formula is C2H11ClSi2. The molecule has 0 aromatic heterocycles. The Bertz CT molecular complexity index is 12.4. The normalized spacial score (nSPS) is 7.20. The summed E-state index contributed by atoms with van der Waals surface area (Å²) in [7, 11) is -0.667. The Morgan fingerprint density at radius 1 is 1.40 bits per heavy atom. The Hall–Kier alpha value is 0.724. The molecule has 0 aliphatic heterocycles. The lowest BCUT2D eigenvalue weighted by Crippen LogP contribution is -1.78. The van der Waals surface area contributed by atoms with Crippen molar-refractivity contribution < 1.29 is 0 Å². The van der Waals surface area contributed by atoms with Crippen LogP contribution in [-0.4, -0.2) is 19.1 Å². The van der Waals surface area contributed by atoms with Crippen molar-refractivity contribution in [2.24, 2.45) is 0 Å². The van der Waals surface area contributed by atoms with E-state index in [1.165, 1.54) is 0 Å². The van der Waals surface area contributed by atoms with Crippen LogP contribution in [0, 0.1) is 0 Å². The van der Waals surface area contributed by atoms with E-state index in [0.717, 1.165) is 0 Å². The second-order valence-corrected chi connectivity index (χ2v) is 5.66. The third-order valence-electron chi connectivity index (χ3n) is 0. The molecule has 0 bridgehead atoms. The number of hydrogen-bond acceptors (Lipinski definition) is 0. The topological polar surface area (TPSA) is 0 Å². The van der Waals surface area contributed by atoms with Gasteiger partial charge in [-0.1, -0.05) is 13.1 Å². The zero-order chi connectivity index (χ0) is 3.58. The third-order valence-corrected chi connectivity index (χ3v) is 0. The standard InChI is InChI=1S/C2H7ClSi.H4Si/c1-4(2)3;/h4H,1-2H3;1H4. The summed E-state index contributed by atoms with van der Waals surface area (Å²) in [5.41, 5.74) is 0. The molecule has 0 saturated carbocycles. The Balaban J connectivity index is 0. The maximum Gasteiger partial charge on any atom is 0.134 e. The minimum atomic E-state index is -0.667. The van der Waals surface area contributed by atoms with E-state index in [2.05, 4.69) is 13.1 Å². The van der Waals surface area contributed by atoms with Gasteiger partial charge in [-0.25, -0.2) is 0 Å². The molecule has 0 fully saturated rings. The molecule has 0 aromatic carbocycles. The summed E-state index contributed by atoms with van der Waals surface area (Å²) in [4.78, 5) is 0. The van der Waals surface area contributed by atoms with E-state index in [1.54, 1.807) is 0 Å². The van der Waals surface area contributed by atoms with E-state index < -0.39 is 8.11 Å². The lowest BCUT2D eigenvalue weighted by Gasteiger charge is -1.72. The largest absolute Gasteiger partial charge is 0.172 e. The SMILES string of the molecule is C[SiH](C)Cl.[SiH4]. The highest BCUT2D eigenvalue weighted by Gasteiger charge is 1.76. The van der Waals surface area contributed by atoms with E-state index in [1.807, 2.05) is 0 Å². The van der Waals surface area contributed by atoms with E-state index in [0.29, 0.717) is 0 Å². The average Bonchev–Trinajstić information content (AvgIpc) is 0.811. The Labute approximate surface area is 43.9 Å². The van der Waals surface area contributed by atoms with Crippen LogP contribution in [0.3, 0.4) is 0 Å². The van der Waals surface area contributed by atoms with Crippen molar-refractivity contribution in [2.45, 2.75) is 13.1 Å². The van der Waals surface area contributed by atoms with Crippen molar-refractivity contribution in [3.8, 4) is 0 Å². The lowest BCUT2D eigenvalue weighted by atomic mass is 11.9. The lowest BCUT2D eigenvalue weighted by molar-refractivity contribution is 2.10. The Kier molecular flexibility index (Phi) is 8.70. The van der Waals surface area contributed by atoms with Gasteiger partial charge in [-0.3, -0.25) is 0 Å². The molecule has 0 aliphatic carbocycles. The maximum atomic E-state index is 5.41. The average molecular weight is 127 g/mol. The van der Waals surface area contributed by atoms with Crippen LogP contribution in [0.4, 0.5) is 0 Å². The van der Waals surface area contributed by atoms with Crippen LogP contribution >= 0.6 is 11.1 Å². The monoisotopic (exact) mass is 126 g/mol. The molecule has 0 radical (unpaired) electrons. The predicted molar refractivity (Wildman–Crippen MR) is 36.1 cm³/mol. The van der Waals surface area contributed by atoms with E-state index in [-0.39, 0.29) is 11.0 Å². The maximum absolute atomic E-state index is 5.41. The molecule has 0 N–H and O–H groups in total. The summed E-state index contributed by atoms with van der Waals surface area (Å²) in [5, 5.41) is 0. The summed E-state index contributed by atoms with van der Waals surface area (Å²) >= 11 is 5.41. The quantitative estimate of drug-likeness (QED) is 0.311. The van der Waals surface area contributed by atoms with Gasteiger partial charge in [0.2, 0.25) is 0 Å². The molecule has 0 rings (SSSR count). The molecule has 34 valence electrons. The van der Waals surface area contributed by atoms with Crippen LogP contribution in [0.2, 0.25) is 13.1 Å². The van der Waals surface area contributed by atoms with E-state index in [9.17, 15) is 0 Å². The number of halogens is 1. The first-order valence-corrected chi connectivity index (χ1v) is 5.43. The van der Waals surface area contributed by atoms with E-state index in [4.69, 9.17) is 11.1 Å². The summed E-state index contributed by atoms with van der Waals surface area (Å²) in [6.45, 7) is 4.14. The van der Waals surface area contributed by atoms with Gasteiger partial charge in [-0.2, -0.15) is 11.1 Å². The molecule has 0 aliphatic rings. The summed E-state index contributed by atoms with van der Waals surface area (Å²) < 4.78 is 0. The van der Waals surface area contributed by atoms with Crippen molar-refractivity contribution in [1.82, 2.24) is 0 Å². The fourth-order valence-corrected chi connectivity index (χ4v) is 0. The summed E-state index contributed by atoms with van der Waals surface area (Å²) in [5.74, 6) is 0. The second kappa shape index (κ2) is 4.72. The zero-order valence-corrected chi connectivity index (χ0v) is 4.87. The molecule has 0 atom stereocenters. The van der Waals surface area contributed by atoms with Gasteiger partial charge in [0.15, 0.2) is 0 Å². The molecule has 3 heteroatoms. The molecule has 0 saturated heterocycles. The van der Waals surface area contributed by atoms with Crippen LogP contribution in [0.15, 0.2) is 0 Å². The first-order chi connectivity index (χ1) is 1.73. The van der Waals surface area contributed by atoms with Crippen molar-refractivity contribution in [3.05, 3.63) is 0 Å². The summed E-state index contributed by atoms with van der Waals surface area (Å²) in [6.07, 6.45) is 0. The van der Waals surface area contributed by atoms with Crippen LogP contribution in [0.5, 0.6) is 0 Å². The van der Waals surface area contributed by atoms with Gasteiger partial charge in [0.05, 0.1) is 0 Å². The Morgan fingerprint density at radius 2 is 1.40 bits per heavy atom. The third kappa shape index (κ3) is 66.9. The zero-order valence-electron chi connectivity index (χ0n) is 2.96.